The summed E-state index contributed by atoms with van der Waals surface area (Å²) in [5, 5.41) is 0.466. The first-order valence-corrected chi connectivity index (χ1v) is 18.9. The summed E-state index contributed by atoms with van der Waals surface area (Å²) in [6.07, 6.45) is 6.89. The SMILES string of the molecule is COc1ccc(Sc2nc(N)nc3c2ncn3CCOC(OCOC(=O)OC2CCCCC2)(OCOC(=O)OC2CCCCC2)P(=O)(O)O)cc1. The van der Waals surface area contributed by atoms with Crippen molar-refractivity contribution in [2.24, 2.45) is 0 Å². The maximum absolute atomic E-state index is 12.9. The van der Waals surface area contributed by atoms with E-state index in [2.05, 4.69) is 15.0 Å². The van der Waals surface area contributed by atoms with E-state index >= 15 is 0 Å². The van der Waals surface area contributed by atoms with Gasteiger partial charge in [0.25, 0.3) is 0 Å². The second-order valence-electron chi connectivity index (χ2n) is 11.8. The minimum atomic E-state index is -5.53. The van der Waals surface area contributed by atoms with Gasteiger partial charge in [0.1, 0.15) is 28.5 Å². The van der Waals surface area contributed by atoms with Crippen molar-refractivity contribution in [1.82, 2.24) is 19.5 Å². The second kappa shape index (κ2) is 18.2. The summed E-state index contributed by atoms with van der Waals surface area (Å²) in [6.45, 7) is -2.64. The predicted molar refractivity (Wildman–Crippen MR) is 178 cm³/mol. The van der Waals surface area contributed by atoms with E-state index in [1.165, 1.54) is 22.7 Å². The van der Waals surface area contributed by atoms with Crippen molar-refractivity contribution in [3.63, 3.8) is 0 Å². The number of nitrogens with two attached hydrogens (primary N) is 1. The van der Waals surface area contributed by atoms with E-state index in [0.29, 0.717) is 47.6 Å². The normalized spacial score (nSPS) is 16.1. The van der Waals surface area contributed by atoms with Gasteiger partial charge in [0.15, 0.2) is 5.65 Å². The predicted octanol–water partition coefficient (Wildman–Crippen LogP) is 5.29. The van der Waals surface area contributed by atoms with Crippen LogP contribution >= 0.6 is 19.4 Å². The highest BCUT2D eigenvalue weighted by Crippen LogP contribution is 2.53. The molecule has 4 N–H and O–H groups in total. The summed E-state index contributed by atoms with van der Waals surface area (Å²) in [5.41, 5.74) is 3.56. The molecule has 0 spiro atoms. The number of anilines is 1. The first kappa shape index (κ1) is 38.5. The Morgan fingerprint density at radius 3 is 2.00 bits per heavy atom. The van der Waals surface area contributed by atoms with Crippen LogP contribution in [0.15, 0.2) is 40.5 Å². The van der Waals surface area contributed by atoms with Crippen LogP contribution in [0.4, 0.5) is 15.5 Å². The molecule has 0 atom stereocenters. The third-order valence-corrected chi connectivity index (χ3v) is 10.2. The molecule has 2 aromatic heterocycles. The van der Waals surface area contributed by atoms with Crippen molar-refractivity contribution < 1.29 is 61.8 Å². The Hall–Kier alpha value is -3.71. The number of aromatic nitrogens is 4. The number of carbonyl (C=O) groups is 2. The van der Waals surface area contributed by atoms with E-state index in [9.17, 15) is 23.9 Å². The van der Waals surface area contributed by atoms with Crippen LogP contribution in [0.2, 0.25) is 0 Å². The molecule has 0 radical (unpaired) electrons. The van der Waals surface area contributed by atoms with Gasteiger partial charge in [0.2, 0.25) is 19.5 Å². The van der Waals surface area contributed by atoms with Crippen LogP contribution in [0, 0.1) is 0 Å². The highest BCUT2D eigenvalue weighted by atomic mass is 32.2. The molecular weight excluding hydrogens is 713 g/mol. The van der Waals surface area contributed by atoms with E-state index in [-0.39, 0.29) is 24.7 Å². The number of methoxy groups -OCH3 is 1. The molecule has 2 heterocycles. The van der Waals surface area contributed by atoms with E-state index in [4.69, 9.17) is 43.6 Å². The monoisotopic (exact) mass is 755 g/mol. The lowest BCUT2D eigenvalue weighted by atomic mass is 9.98. The molecule has 0 unspecified atom stereocenters. The maximum atomic E-state index is 12.9. The van der Waals surface area contributed by atoms with Crippen LogP contribution in [0.1, 0.15) is 64.2 Å². The zero-order valence-electron chi connectivity index (χ0n) is 28.0. The minimum Gasteiger partial charge on any atom is -0.497 e. The van der Waals surface area contributed by atoms with Crippen LogP contribution in [0.25, 0.3) is 11.2 Å². The summed E-state index contributed by atoms with van der Waals surface area (Å²) in [7, 11) is -3.96. The molecule has 2 aliphatic carbocycles. The maximum Gasteiger partial charge on any atom is 0.510 e. The van der Waals surface area contributed by atoms with Gasteiger partial charge in [0, 0.05) is 11.4 Å². The zero-order valence-corrected chi connectivity index (χ0v) is 29.8. The number of nitrogens with zero attached hydrogens (tertiary/aromatic N) is 4. The molecule has 1 aromatic carbocycles. The summed E-state index contributed by atoms with van der Waals surface area (Å²) in [4.78, 5) is 59.2. The molecule has 51 heavy (non-hydrogen) atoms. The lowest BCUT2D eigenvalue weighted by molar-refractivity contribution is -0.365. The smallest absolute Gasteiger partial charge is 0.497 e. The topological polar surface area (TPSA) is 235 Å². The van der Waals surface area contributed by atoms with Gasteiger partial charge < -0.3 is 48.5 Å². The highest BCUT2D eigenvalue weighted by Gasteiger charge is 2.53. The summed E-state index contributed by atoms with van der Waals surface area (Å²) in [5.74, 6) is 0.652. The van der Waals surface area contributed by atoms with Crippen LogP contribution < -0.4 is 10.5 Å². The molecule has 2 fully saturated rings. The standard InChI is InChI=1S/C31H42N5O13PS/c1-42-21-12-14-24(15-13-21)51-27-25-26(34-28(32)35-27)36(18-33-25)16-17-45-31(50(39,40)41,46-19-43-29(37)48-22-8-4-2-5-9-22)47-20-44-30(38)49-23-10-6-3-7-11-23/h12-15,18,22-23H,2-11,16-17,19-20H2,1H3,(H2,32,34,35)(H2,39,40,41). The van der Waals surface area contributed by atoms with E-state index in [1.807, 2.05) is 12.1 Å². The number of hydrogen-bond donors (Lipinski definition) is 3. The molecule has 280 valence electrons. The lowest BCUT2D eigenvalue weighted by Gasteiger charge is -2.32. The van der Waals surface area contributed by atoms with E-state index < -0.39 is 45.8 Å². The van der Waals surface area contributed by atoms with Gasteiger partial charge in [-0.1, -0.05) is 24.6 Å². The minimum absolute atomic E-state index is 0.0352. The van der Waals surface area contributed by atoms with Crippen LogP contribution in [0.3, 0.4) is 0 Å². The van der Waals surface area contributed by atoms with Gasteiger partial charge in [-0.05, 0) is 75.6 Å². The number of carbonyl (C=O) groups excluding carboxylic acids is 2. The van der Waals surface area contributed by atoms with Crippen molar-refractivity contribution in [1.29, 1.82) is 0 Å². The number of imidazole rings is 1. The second-order valence-corrected chi connectivity index (χ2v) is 14.5. The Morgan fingerprint density at radius 2 is 1.47 bits per heavy atom. The number of fused-ring (bicyclic) bond motifs is 1. The highest BCUT2D eigenvalue weighted by molar-refractivity contribution is 7.99. The van der Waals surface area contributed by atoms with Gasteiger partial charge in [-0.3, -0.25) is 14.0 Å². The number of nitrogen functional groups attached to an aromatic ring is 1. The van der Waals surface area contributed by atoms with Gasteiger partial charge >= 0.3 is 25.6 Å². The summed E-state index contributed by atoms with van der Waals surface area (Å²) < 4.78 is 56.1. The fourth-order valence-electron chi connectivity index (χ4n) is 5.59. The Balaban J connectivity index is 1.26. The Kier molecular flexibility index (Phi) is 13.7. The van der Waals surface area contributed by atoms with E-state index in [1.54, 1.807) is 19.2 Å². The van der Waals surface area contributed by atoms with Crippen molar-refractivity contribution in [3.8, 4) is 5.75 Å². The lowest BCUT2D eigenvalue weighted by Crippen LogP contribution is -2.42. The molecule has 18 nitrogen and oxygen atoms in total. The van der Waals surface area contributed by atoms with Crippen LogP contribution in [0.5, 0.6) is 5.75 Å². The molecule has 0 amide bonds. The number of benzene rings is 1. The Labute approximate surface area is 297 Å². The third-order valence-electron chi connectivity index (χ3n) is 8.16. The largest absolute Gasteiger partial charge is 0.510 e. The summed E-state index contributed by atoms with van der Waals surface area (Å²) in [6, 6.07) is 7.29. The van der Waals surface area contributed by atoms with Crippen molar-refractivity contribution in [2.45, 2.75) is 98.6 Å². The van der Waals surface area contributed by atoms with Crippen molar-refractivity contribution in [2.75, 3.05) is 33.0 Å². The van der Waals surface area contributed by atoms with Gasteiger partial charge in [0.05, 0.1) is 20.0 Å². The van der Waals surface area contributed by atoms with Crippen molar-refractivity contribution in [3.05, 3.63) is 30.6 Å². The van der Waals surface area contributed by atoms with Crippen LogP contribution in [-0.4, -0.2) is 86.8 Å². The molecular formula is C31H42N5O13PS. The number of ether oxygens (including phenoxy) is 8. The first-order chi connectivity index (χ1) is 24.5. The number of rotatable bonds is 16. The number of hydrogen-bond acceptors (Lipinski definition) is 16. The molecule has 0 saturated heterocycles. The first-order valence-electron chi connectivity index (χ1n) is 16.5. The molecule has 2 aliphatic rings. The van der Waals surface area contributed by atoms with Gasteiger partial charge in [-0.15, -0.1) is 0 Å². The van der Waals surface area contributed by atoms with Gasteiger partial charge in [-0.25, -0.2) is 19.6 Å². The molecule has 3 aromatic rings. The summed E-state index contributed by atoms with van der Waals surface area (Å²) >= 11 is 1.30. The average Bonchev–Trinajstić information content (AvgIpc) is 3.51. The molecule has 0 bridgehead atoms. The molecule has 2 saturated carbocycles. The third kappa shape index (κ3) is 10.9. The Bertz CT molecular complexity index is 1610. The average molecular weight is 756 g/mol. The van der Waals surface area contributed by atoms with Gasteiger partial charge in [-0.2, -0.15) is 4.98 Å². The fraction of sp³-hybridized carbons (Fsp3) is 0.581. The van der Waals surface area contributed by atoms with Crippen LogP contribution in [-0.2, 0) is 44.3 Å². The zero-order chi connectivity index (χ0) is 36.3. The van der Waals surface area contributed by atoms with Crippen molar-refractivity contribution >= 4 is 48.8 Å². The Morgan fingerprint density at radius 1 is 0.902 bits per heavy atom. The quantitative estimate of drug-likeness (QED) is 0.0728. The fourth-order valence-corrected chi connectivity index (χ4v) is 7.16. The van der Waals surface area contributed by atoms with E-state index in [0.717, 1.165) is 43.4 Å². The molecule has 20 heteroatoms. The molecule has 5 rings (SSSR count). The molecule has 0 aliphatic heterocycles.